The topological polar surface area (TPSA) is 120 Å². The Bertz CT molecular complexity index is 1290. The van der Waals surface area contributed by atoms with Crippen molar-refractivity contribution >= 4 is 23.3 Å². The van der Waals surface area contributed by atoms with Gasteiger partial charge in [0.1, 0.15) is 11.9 Å². The maximum atomic E-state index is 14.0. The highest BCUT2D eigenvalue weighted by molar-refractivity contribution is 7.91. The van der Waals surface area contributed by atoms with Crippen LogP contribution >= 0.6 is 7.60 Å². The molecule has 0 aliphatic carbocycles. The van der Waals surface area contributed by atoms with E-state index < -0.39 is 35.0 Å². The van der Waals surface area contributed by atoms with Gasteiger partial charge >= 0.3 is 7.60 Å². The summed E-state index contributed by atoms with van der Waals surface area (Å²) in [7, 11) is -5.78. The van der Waals surface area contributed by atoms with Crippen molar-refractivity contribution in [2.24, 2.45) is 0 Å². The number of unbranched alkanes of at least 4 members (excludes halogenated alkanes) is 1. The van der Waals surface area contributed by atoms with E-state index in [0.29, 0.717) is 23.3 Å². The summed E-state index contributed by atoms with van der Waals surface area (Å²) in [6.07, 6.45) is 2.82. The third-order valence-corrected chi connectivity index (χ3v) is 11.2. The smallest absolute Gasteiger partial charge is 0.340 e. The molecule has 0 spiro atoms. The first-order valence-corrected chi connectivity index (χ1v) is 17.3. The van der Waals surface area contributed by atoms with Crippen LogP contribution in [-0.2, 0) is 34.8 Å². The molecule has 222 valence electrons. The van der Waals surface area contributed by atoms with Gasteiger partial charge in [-0.1, -0.05) is 57.0 Å². The lowest BCUT2D eigenvalue weighted by atomic mass is 9.88. The normalized spacial score (nSPS) is 20.4. The van der Waals surface area contributed by atoms with Crippen molar-refractivity contribution < 1.29 is 31.6 Å². The minimum atomic E-state index is -3.71. The number of nitrogens with one attached hydrogen (secondary N) is 2. The van der Waals surface area contributed by atoms with E-state index in [4.69, 9.17) is 13.8 Å². The van der Waals surface area contributed by atoms with E-state index in [9.17, 15) is 17.8 Å². The number of carbonyl (C=O) groups is 1. The van der Waals surface area contributed by atoms with Crippen molar-refractivity contribution in [3.63, 3.8) is 0 Å². The van der Waals surface area contributed by atoms with E-state index in [2.05, 4.69) is 17.6 Å². The number of benzene rings is 2. The zero-order chi connectivity index (χ0) is 29.4. The van der Waals surface area contributed by atoms with Gasteiger partial charge in [-0.05, 0) is 49.9 Å². The van der Waals surface area contributed by atoms with Crippen molar-refractivity contribution in [2.45, 2.75) is 76.4 Å². The van der Waals surface area contributed by atoms with Crippen molar-refractivity contribution in [1.82, 2.24) is 10.6 Å². The molecule has 11 heteroatoms. The van der Waals surface area contributed by atoms with Crippen LogP contribution in [0.2, 0.25) is 0 Å². The second-order valence-corrected chi connectivity index (χ2v) is 14.1. The van der Waals surface area contributed by atoms with Crippen molar-refractivity contribution in [3.05, 3.63) is 59.2 Å². The summed E-state index contributed by atoms with van der Waals surface area (Å²) in [5, 5.41) is 6.48. The first-order chi connectivity index (χ1) is 19.1. The summed E-state index contributed by atoms with van der Waals surface area (Å²) in [6.45, 7) is 7.77. The number of ether oxygens (including phenoxy) is 1. The summed E-state index contributed by atoms with van der Waals surface area (Å²) >= 11 is 0. The molecule has 40 heavy (non-hydrogen) atoms. The Morgan fingerprint density at radius 3 is 2.35 bits per heavy atom. The Balaban J connectivity index is 2.04. The van der Waals surface area contributed by atoms with Gasteiger partial charge in [0.2, 0.25) is 5.91 Å². The lowest BCUT2D eigenvalue weighted by Gasteiger charge is -2.36. The molecule has 3 rings (SSSR count). The van der Waals surface area contributed by atoms with Crippen molar-refractivity contribution in [2.75, 3.05) is 32.2 Å². The Morgan fingerprint density at radius 2 is 1.77 bits per heavy atom. The lowest BCUT2D eigenvalue weighted by Crippen LogP contribution is -2.50. The van der Waals surface area contributed by atoms with E-state index in [0.717, 1.165) is 24.8 Å². The van der Waals surface area contributed by atoms with Gasteiger partial charge in [-0.3, -0.25) is 14.7 Å². The molecule has 0 aromatic heterocycles. The maximum Gasteiger partial charge on any atom is 0.340 e. The highest BCUT2D eigenvalue weighted by Crippen LogP contribution is 2.47. The Labute approximate surface area is 238 Å². The molecule has 0 fully saturated rings. The Kier molecular flexibility index (Phi) is 11.4. The quantitative estimate of drug-likeness (QED) is 0.280. The van der Waals surface area contributed by atoms with E-state index >= 15 is 0 Å². The number of fused-ring (bicyclic) bond motifs is 1. The summed E-state index contributed by atoms with van der Waals surface area (Å²) in [5.41, 5.74) is 1.48. The molecule has 0 radical (unpaired) electrons. The third-order valence-electron chi connectivity index (χ3n) is 7.26. The van der Waals surface area contributed by atoms with Crippen LogP contribution in [-0.4, -0.2) is 52.1 Å². The zero-order valence-electron chi connectivity index (χ0n) is 24.2. The van der Waals surface area contributed by atoms with Gasteiger partial charge in [-0.15, -0.1) is 0 Å². The largest absolute Gasteiger partial charge is 0.496 e. The molecule has 2 aromatic rings. The van der Waals surface area contributed by atoms with Gasteiger partial charge in [0.05, 0.1) is 37.0 Å². The van der Waals surface area contributed by atoms with Gasteiger partial charge in [-0.25, -0.2) is 8.42 Å². The van der Waals surface area contributed by atoms with Crippen LogP contribution < -0.4 is 15.4 Å². The predicted molar refractivity (Wildman–Crippen MR) is 157 cm³/mol. The predicted octanol–water partition coefficient (Wildman–Crippen LogP) is 5.38. The molecule has 1 aliphatic rings. The number of amides is 1. The van der Waals surface area contributed by atoms with Gasteiger partial charge in [-0.2, -0.15) is 0 Å². The van der Waals surface area contributed by atoms with Gasteiger partial charge in [0, 0.05) is 17.6 Å². The standard InChI is InChI=1S/C29H43N2O7PS/c1-6-10-16-29(7-2)21-40(34,35)26-17-23(19-30-27(32)20-39(33,37-8-3)38-9-4)25(36-5)18-24(26)28(31-29)22-14-12-11-13-15-22/h11-15,17-18,28,31H,6-10,16,19-21H2,1-5H3,(H,30,32)/t28-,29-/m1/s1. The van der Waals surface area contributed by atoms with E-state index in [1.165, 1.54) is 7.11 Å². The number of hydrogen-bond donors (Lipinski definition) is 2. The number of carbonyl (C=O) groups excluding carboxylic acids is 1. The molecule has 0 saturated heterocycles. The molecule has 1 aliphatic heterocycles. The lowest BCUT2D eigenvalue weighted by molar-refractivity contribution is -0.119. The van der Waals surface area contributed by atoms with Crippen LogP contribution in [0.1, 0.15) is 76.1 Å². The Morgan fingerprint density at radius 1 is 1.10 bits per heavy atom. The number of rotatable bonds is 14. The van der Waals surface area contributed by atoms with E-state index in [1.807, 2.05) is 37.3 Å². The maximum absolute atomic E-state index is 14.0. The van der Waals surface area contributed by atoms with Crippen LogP contribution in [0.5, 0.6) is 5.75 Å². The molecule has 0 unspecified atom stereocenters. The molecular formula is C29H43N2O7PS. The molecule has 1 heterocycles. The molecule has 0 bridgehead atoms. The zero-order valence-corrected chi connectivity index (χ0v) is 25.9. The van der Waals surface area contributed by atoms with Crippen LogP contribution in [0.15, 0.2) is 47.4 Å². The van der Waals surface area contributed by atoms with Gasteiger partial charge in [0.25, 0.3) is 0 Å². The molecule has 1 amide bonds. The van der Waals surface area contributed by atoms with Crippen molar-refractivity contribution in [3.8, 4) is 5.75 Å². The fraction of sp³-hybridized carbons (Fsp3) is 0.552. The average Bonchev–Trinajstić information content (AvgIpc) is 3.02. The van der Waals surface area contributed by atoms with Gasteiger partial charge in [0.15, 0.2) is 9.84 Å². The second-order valence-electron chi connectivity index (χ2n) is 10.1. The number of hydrogen-bond acceptors (Lipinski definition) is 8. The second kappa shape index (κ2) is 14.1. The fourth-order valence-corrected chi connectivity index (χ4v) is 8.88. The summed E-state index contributed by atoms with van der Waals surface area (Å²) in [5.74, 6) is -0.109. The molecular weight excluding hydrogens is 551 g/mol. The molecule has 2 aromatic carbocycles. The highest BCUT2D eigenvalue weighted by atomic mass is 32.2. The number of methoxy groups -OCH3 is 1. The molecule has 9 nitrogen and oxygen atoms in total. The average molecular weight is 595 g/mol. The SMILES string of the molecule is CCCC[C@]1(CC)CS(=O)(=O)c2cc(CNC(=O)CP(=O)(OCC)OCC)c(OC)cc2[C@@H](c2ccccc2)N1. The monoisotopic (exact) mass is 594 g/mol. The van der Waals surface area contributed by atoms with Crippen molar-refractivity contribution in [1.29, 1.82) is 0 Å². The molecule has 0 saturated carbocycles. The third kappa shape index (κ3) is 7.74. The Hall–Kier alpha value is -2.23. The fourth-order valence-electron chi connectivity index (χ4n) is 5.20. The first-order valence-electron chi connectivity index (χ1n) is 14.0. The minimum Gasteiger partial charge on any atom is -0.496 e. The molecule has 2 N–H and O–H groups in total. The van der Waals surface area contributed by atoms with Crippen LogP contribution in [0.3, 0.4) is 0 Å². The van der Waals surface area contributed by atoms with Crippen LogP contribution in [0, 0.1) is 0 Å². The van der Waals surface area contributed by atoms with E-state index in [-0.39, 0.29) is 36.4 Å². The minimum absolute atomic E-state index is 0.0127. The summed E-state index contributed by atoms with van der Waals surface area (Å²) in [6, 6.07) is 12.8. The van der Waals surface area contributed by atoms with E-state index in [1.54, 1.807) is 26.0 Å². The summed E-state index contributed by atoms with van der Waals surface area (Å²) in [4.78, 5) is 12.9. The highest BCUT2D eigenvalue weighted by Gasteiger charge is 2.42. The summed E-state index contributed by atoms with van der Waals surface area (Å²) < 4.78 is 56.9. The first kappa shape index (κ1) is 32.3. The van der Waals surface area contributed by atoms with Gasteiger partial charge < -0.3 is 19.1 Å². The van der Waals surface area contributed by atoms with Crippen LogP contribution in [0.25, 0.3) is 0 Å². The number of sulfone groups is 1. The molecule has 2 atom stereocenters. The van der Waals surface area contributed by atoms with Crippen LogP contribution in [0.4, 0.5) is 0 Å².